The van der Waals surface area contributed by atoms with Crippen LogP contribution in [0, 0.1) is 0 Å². The second-order valence-corrected chi connectivity index (χ2v) is 2.89. The Labute approximate surface area is 106 Å². The van der Waals surface area contributed by atoms with E-state index in [1.807, 2.05) is 29.3 Å². The summed E-state index contributed by atoms with van der Waals surface area (Å²) in [7, 11) is 0. The van der Waals surface area contributed by atoms with Gasteiger partial charge in [0.05, 0.1) is 5.57 Å². The molecule has 0 radical (unpaired) electrons. The number of carbonyl (C=O) groups is 1. The molecule has 2 aliphatic rings. The van der Waals surface area contributed by atoms with E-state index in [0.717, 1.165) is 5.70 Å². The van der Waals surface area contributed by atoms with Gasteiger partial charge in [0.15, 0.2) is 0 Å². The van der Waals surface area contributed by atoms with Gasteiger partial charge >= 0.3 is 35.5 Å². The fourth-order valence-corrected chi connectivity index (χ4v) is 1.35. The normalized spacial score (nSPS) is 17.9. The zero-order chi connectivity index (χ0) is 9.26. The summed E-state index contributed by atoms with van der Waals surface area (Å²) in [6.45, 7) is 0.633. The van der Waals surface area contributed by atoms with Crippen molar-refractivity contribution in [3.8, 4) is 0 Å². The molecule has 0 aromatic carbocycles. The van der Waals surface area contributed by atoms with Crippen LogP contribution in [0.25, 0.3) is 0 Å². The van der Waals surface area contributed by atoms with Crippen molar-refractivity contribution in [2.45, 2.75) is 0 Å². The molecule has 1 N–H and O–H groups in total. The molecule has 2 rings (SSSR count). The molecule has 0 saturated heterocycles. The van der Waals surface area contributed by atoms with Crippen LogP contribution in [0.5, 0.6) is 0 Å². The molecule has 0 bridgehead atoms. The van der Waals surface area contributed by atoms with E-state index >= 15 is 0 Å². The Kier molecular flexibility index (Phi) is 3.75. The Balaban J connectivity index is 0.000000980. The van der Waals surface area contributed by atoms with Crippen LogP contribution in [-0.2, 0) is 4.79 Å². The van der Waals surface area contributed by atoms with E-state index in [0.29, 0.717) is 12.1 Å². The van der Waals surface area contributed by atoms with Gasteiger partial charge in [0.25, 0.3) is 0 Å². The molecule has 0 aromatic rings. The first-order valence-electron chi connectivity index (χ1n) is 4.04. The van der Waals surface area contributed by atoms with Crippen LogP contribution >= 0.6 is 0 Å². The minimum absolute atomic E-state index is 0. The van der Waals surface area contributed by atoms with Gasteiger partial charge in [0.1, 0.15) is 0 Å². The molecule has 3 nitrogen and oxygen atoms in total. The third kappa shape index (κ3) is 2.18. The molecule has 14 heavy (non-hydrogen) atoms. The number of allylic oxidation sites excluding steroid dienone is 3. The van der Waals surface area contributed by atoms with E-state index in [1.54, 1.807) is 12.2 Å². The van der Waals surface area contributed by atoms with Gasteiger partial charge in [0, 0.05) is 18.4 Å². The van der Waals surface area contributed by atoms with Crippen molar-refractivity contribution < 1.29 is 40.9 Å². The van der Waals surface area contributed by atoms with Crippen LogP contribution in [0.15, 0.2) is 47.9 Å². The molecule has 4 heteroatoms. The van der Waals surface area contributed by atoms with E-state index < -0.39 is 5.97 Å². The average Bonchev–Trinajstić information content (AvgIpc) is 2.17. The summed E-state index contributed by atoms with van der Waals surface area (Å²) < 4.78 is 0. The Bertz CT molecular complexity index is 372. The number of hydrogen-bond acceptors (Lipinski definition) is 2. The largest absolute Gasteiger partial charge is 1.00 e. The number of hydrogen-bond donors (Lipinski definition) is 1. The van der Waals surface area contributed by atoms with Gasteiger partial charge in [-0.3, -0.25) is 0 Å². The smallest absolute Gasteiger partial charge is 1.00 e. The fourth-order valence-electron chi connectivity index (χ4n) is 1.35. The molecular weight excluding hydrogens is 189 g/mol. The maximum Gasteiger partial charge on any atom is 1.00 e. The van der Waals surface area contributed by atoms with Gasteiger partial charge in [0.2, 0.25) is 0 Å². The van der Waals surface area contributed by atoms with E-state index in [9.17, 15) is 4.79 Å². The minimum atomic E-state index is -0.866. The standard InChI is InChI=1S/C10H9NO2.Na.H/c12-10(13)8-4-6-11-5-2-1-3-9(11)7-8;;/h1-5,7H,6H2,(H,12,13);;/q;+1;-1. The van der Waals surface area contributed by atoms with Gasteiger partial charge in [-0.25, -0.2) is 4.79 Å². The summed E-state index contributed by atoms with van der Waals surface area (Å²) in [6.07, 6.45) is 11.0. The number of rotatable bonds is 1. The Morgan fingerprint density at radius 2 is 2.29 bits per heavy atom. The van der Waals surface area contributed by atoms with Crippen LogP contribution in [-0.4, -0.2) is 22.5 Å². The van der Waals surface area contributed by atoms with Crippen molar-refractivity contribution >= 4 is 5.97 Å². The minimum Gasteiger partial charge on any atom is -1.00 e. The zero-order valence-corrected chi connectivity index (χ0v) is 9.97. The maximum atomic E-state index is 10.7. The van der Waals surface area contributed by atoms with Crippen LogP contribution in [0.1, 0.15) is 1.43 Å². The number of nitrogens with zero attached hydrogens (tertiary/aromatic N) is 1. The van der Waals surface area contributed by atoms with Crippen LogP contribution in [0.4, 0.5) is 0 Å². The van der Waals surface area contributed by atoms with Gasteiger partial charge in [-0.1, -0.05) is 12.2 Å². The predicted octanol–water partition coefficient (Wildman–Crippen LogP) is -1.60. The summed E-state index contributed by atoms with van der Waals surface area (Å²) in [5.74, 6) is -0.866. The van der Waals surface area contributed by atoms with Crippen molar-refractivity contribution in [2.24, 2.45) is 0 Å². The van der Waals surface area contributed by atoms with Crippen molar-refractivity contribution in [3.63, 3.8) is 0 Å². The average molecular weight is 199 g/mol. The molecule has 0 atom stereocenters. The summed E-state index contributed by atoms with van der Waals surface area (Å²) in [5.41, 5.74) is 1.30. The van der Waals surface area contributed by atoms with Gasteiger partial charge < -0.3 is 11.4 Å². The second kappa shape index (κ2) is 4.64. The van der Waals surface area contributed by atoms with Gasteiger partial charge in [-0.15, -0.1) is 0 Å². The molecule has 2 aliphatic heterocycles. The number of aliphatic carboxylic acids is 1. The summed E-state index contributed by atoms with van der Waals surface area (Å²) in [6, 6.07) is 0. The van der Waals surface area contributed by atoms with Crippen molar-refractivity contribution in [1.29, 1.82) is 0 Å². The van der Waals surface area contributed by atoms with Gasteiger partial charge in [-0.05, 0) is 18.2 Å². The first-order valence-corrected chi connectivity index (χ1v) is 4.04. The molecule has 68 valence electrons. The zero-order valence-electron chi connectivity index (χ0n) is 8.97. The Hall–Kier alpha value is -0.770. The molecule has 0 aliphatic carbocycles. The van der Waals surface area contributed by atoms with Crippen molar-refractivity contribution in [3.05, 3.63) is 47.9 Å². The Morgan fingerprint density at radius 1 is 1.50 bits per heavy atom. The molecule has 0 unspecified atom stereocenters. The van der Waals surface area contributed by atoms with Gasteiger partial charge in [-0.2, -0.15) is 0 Å². The maximum absolute atomic E-state index is 10.7. The summed E-state index contributed by atoms with van der Waals surface area (Å²) >= 11 is 0. The third-order valence-electron chi connectivity index (χ3n) is 2.03. The summed E-state index contributed by atoms with van der Waals surface area (Å²) in [5, 5.41) is 8.76. The molecule has 0 saturated carbocycles. The van der Waals surface area contributed by atoms with E-state index in [-0.39, 0.29) is 31.0 Å². The van der Waals surface area contributed by atoms with Crippen molar-refractivity contribution in [1.82, 2.24) is 4.90 Å². The van der Waals surface area contributed by atoms with Crippen LogP contribution in [0.2, 0.25) is 0 Å². The monoisotopic (exact) mass is 199 g/mol. The molecule has 0 fully saturated rings. The SMILES string of the molecule is O=C(O)C1=CCN2C=CC=CC2=C1.[H-].[Na+]. The molecule has 0 spiro atoms. The number of carboxylic acids is 1. The first kappa shape index (κ1) is 11.3. The molecule has 2 heterocycles. The van der Waals surface area contributed by atoms with Crippen molar-refractivity contribution in [2.75, 3.05) is 6.54 Å². The van der Waals surface area contributed by atoms with Crippen LogP contribution in [0.3, 0.4) is 0 Å². The quantitative estimate of drug-likeness (QED) is 0.517. The van der Waals surface area contributed by atoms with Crippen LogP contribution < -0.4 is 29.6 Å². The van der Waals surface area contributed by atoms with E-state index in [4.69, 9.17) is 5.11 Å². The second-order valence-electron chi connectivity index (χ2n) is 2.89. The third-order valence-corrected chi connectivity index (χ3v) is 2.03. The molecule has 0 amide bonds. The first-order chi connectivity index (χ1) is 6.27. The number of fused-ring (bicyclic) bond motifs is 1. The number of carboxylic acid groups (broad SMARTS) is 1. The Morgan fingerprint density at radius 3 is 3.00 bits per heavy atom. The van der Waals surface area contributed by atoms with E-state index in [2.05, 4.69) is 0 Å². The topological polar surface area (TPSA) is 40.5 Å². The predicted molar refractivity (Wildman–Crippen MR) is 49.9 cm³/mol. The fraction of sp³-hybridized carbons (Fsp3) is 0.100. The van der Waals surface area contributed by atoms with E-state index in [1.165, 1.54) is 0 Å². The molecule has 0 aromatic heterocycles. The summed E-state index contributed by atoms with van der Waals surface area (Å²) in [4.78, 5) is 12.6. The molecular formula is C10H10NNaO2.